The fourth-order valence-corrected chi connectivity index (χ4v) is 10.7. The average Bonchev–Trinajstić information content (AvgIpc) is 3.49. The van der Waals surface area contributed by atoms with Crippen LogP contribution in [0.5, 0.6) is 0 Å². The molecule has 1 atom stereocenters. The topological polar surface area (TPSA) is 78.9 Å². The number of hydrogen-bond donors (Lipinski definition) is 0. The predicted molar refractivity (Wildman–Crippen MR) is 362 cm³/mol. The third-order valence-corrected chi connectivity index (χ3v) is 16.2. The van der Waals surface area contributed by atoms with E-state index in [-0.39, 0.29) is 31.1 Å². The van der Waals surface area contributed by atoms with Gasteiger partial charge in [-0.25, -0.2) is 0 Å². The van der Waals surface area contributed by atoms with E-state index in [0.717, 1.165) is 89.9 Å². The maximum atomic E-state index is 12.9. The van der Waals surface area contributed by atoms with Crippen molar-refractivity contribution in [1.29, 1.82) is 0 Å². The highest BCUT2D eigenvalue weighted by molar-refractivity contribution is 5.71. The van der Waals surface area contributed by atoms with E-state index in [0.29, 0.717) is 19.3 Å². The van der Waals surface area contributed by atoms with Gasteiger partial charge in [-0.3, -0.25) is 14.4 Å². The molecule has 0 rings (SSSR count). The molecule has 0 saturated heterocycles. The highest BCUT2D eigenvalue weighted by atomic mass is 16.6. The molecule has 0 aromatic heterocycles. The summed E-state index contributed by atoms with van der Waals surface area (Å²) in [6.45, 7) is 6.52. The van der Waals surface area contributed by atoms with Crippen LogP contribution < -0.4 is 0 Å². The van der Waals surface area contributed by atoms with E-state index in [1.165, 1.54) is 250 Å². The molecule has 0 spiro atoms. The lowest BCUT2D eigenvalue weighted by atomic mass is 10.0. The van der Waals surface area contributed by atoms with Gasteiger partial charge in [0.15, 0.2) is 6.10 Å². The van der Waals surface area contributed by atoms with Gasteiger partial charge in [0, 0.05) is 19.3 Å². The van der Waals surface area contributed by atoms with Crippen molar-refractivity contribution in [2.75, 3.05) is 13.2 Å². The van der Waals surface area contributed by atoms with E-state index in [4.69, 9.17) is 14.2 Å². The van der Waals surface area contributed by atoms with Crippen LogP contribution in [0.1, 0.15) is 380 Å². The van der Waals surface area contributed by atoms with E-state index >= 15 is 0 Å². The Labute approximate surface area is 516 Å². The van der Waals surface area contributed by atoms with Gasteiger partial charge in [-0.15, -0.1) is 0 Å². The first-order valence-electron chi connectivity index (χ1n) is 36.4. The molecule has 6 nitrogen and oxygen atoms in total. The van der Waals surface area contributed by atoms with E-state index in [1.54, 1.807) is 0 Å². The van der Waals surface area contributed by atoms with Gasteiger partial charge in [0.05, 0.1) is 0 Å². The van der Waals surface area contributed by atoms with Gasteiger partial charge in [0.1, 0.15) is 13.2 Å². The standard InChI is InChI=1S/C77H138O6/c1-4-7-10-13-16-19-22-25-27-29-31-32-33-34-35-36-37-38-39-40-41-42-43-44-46-47-49-52-55-58-61-64-67-70-76(79)82-73-74(72-81-75(78)69-66-63-60-57-54-51-24-21-18-15-12-9-6-3)83-77(80)71-68-65-62-59-56-53-50-48-45-30-28-26-23-20-17-14-11-8-5-2/h9,12,17-18,20-21,26,28-29,31,51,54,74H,4-8,10-11,13-16,19,22-25,27,30,32-50,52-53,55-73H2,1-3H3/b12-9-,20-17-,21-18-,28-26-,31-29-,54-51-. The SMILES string of the molecule is CC/C=C\C/C=C\C/C=C\CCCCCC(=O)OCC(COC(=O)CCCCCCCCCCCCCCCCCCCCCCC/C=C\CCCCCCCCCC)OC(=O)CCCCCCCCCCC/C=C\C/C=C\CCCCC. The minimum atomic E-state index is -0.790. The van der Waals surface area contributed by atoms with Crippen LogP contribution in [0.25, 0.3) is 0 Å². The number of rotatable bonds is 67. The molecular weight excluding hydrogens is 1020 g/mol. The zero-order chi connectivity index (χ0) is 59.9. The molecule has 0 aromatic carbocycles. The van der Waals surface area contributed by atoms with Crippen molar-refractivity contribution in [3.8, 4) is 0 Å². The number of hydrogen-bond acceptors (Lipinski definition) is 6. The van der Waals surface area contributed by atoms with Crippen molar-refractivity contribution in [2.24, 2.45) is 0 Å². The van der Waals surface area contributed by atoms with Crippen LogP contribution in [-0.2, 0) is 28.6 Å². The molecule has 0 bridgehead atoms. The van der Waals surface area contributed by atoms with Crippen LogP contribution in [-0.4, -0.2) is 37.2 Å². The molecule has 0 radical (unpaired) electrons. The van der Waals surface area contributed by atoms with Crippen LogP contribution in [0.3, 0.4) is 0 Å². The minimum Gasteiger partial charge on any atom is -0.462 e. The molecule has 6 heteroatoms. The minimum absolute atomic E-state index is 0.0834. The van der Waals surface area contributed by atoms with E-state index in [9.17, 15) is 14.4 Å². The van der Waals surface area contributed by atoms with Crippen molar-refractivity contribution < 1.29 is 28.6 Å². The third-order valence-electron chi connectivity index (χ3n) is 16.2. The van der Waals surface area contributed by atoms with Gasteiger partial charge < -0.3 is 14.2 Å². The van der Waals surface area contributed by atoms with Crippen molar-refractivity contribution >= 4 is 17.9 Å². The molecule has 83 heavy (non-hydrogen) atoms. The monoisotopic (exact) mass is 1160 g/mol. The molecular formula is C77H138O6. The highest BCUT2D eigenvalue weighted by Crippen LogP contribution is 2.18. The molecule has 0 aromatic rings. The fraction of sp³-hybridized carbons (Fsp3) is 0.805. The fourth-order valence-electron chi connectivity index (χ4n) is 10.7. The Hall–Kier alpha value is -3.15. The van der Waals surface area contributed by atoms with Gasteiger partial charge in [-0.2, -0.15) is 0 Å². The Bertz CT molecular complexity index is 1520. The number of unbranched alkanes of at least 4 members (excludes halogenated alkanes) is 44. The maximum absolute atomic E-state index is 12.9. The van der Waals surface area contributed by atoms with Crippen molar-refractivity contribution in [3.05, 3.63) is 72.9 Å². The Kier molecular flexibility index (Phi) is 68.6. The van der Waals surface area contributed by atoms with Gasteiger partial charge >= 0.3 is 17.9 Å². The molecule has 1 unspecified atom stereocenters. The summed E-state index contributed by atoms with van der Waals surface area (Å²) < 4.78 is 16.9. The second-order valence-electron chi connectivity index (χ2n) is 24.5. The molecule has 0 aliphatic rings. The normalized spacial score (nSPS) is 12.5. The lowest BCUT2D eigenvalue weighted by molar-refractivity contribution is -0.167. The first-order valence-corrected chi connectivity index (χ1v) is 36.4. The first kappa shape index (κ1) is 79.8. The molecule has 0 aliphatic heterocycles. The summed E-state index contributed by atoms with van der Waals surface area (Å²) in [5.41, 5.74) is 0. The number of ether oxygens (including phenoxy) is 3. The van der Waals surface area contributed by atoms with Crippen LogP contribution in [0.15, 0.2) is 72.9 Å². The Morgan fingerprint density at radius 2 is 0.470 bits per heavy atom. The quantitative estimate of drug-likeness (QED) is 0.0261. The van der Waals surface area contributed by atoms with Crippen LogP contribution in [0, 0.1) is 0 Å². The lowest BCUT2D eigenvalue weighted by Gasteiger charge is -2.18. The van der Waals surface area contributed by atoms with Crippen LogP contribution in [0.4, 0.5) is 0 Å². The van der Waals surface area contributed by atoms with Crippen molar-refractivity contribution in [2.45, 2.75) is 386 Å². The molecule has 0 fully saturated rings. The molecule has 0 aliphatic carbocycles. The molecule has 0 heterocycles. The molecule has 0 amide bonds. The number of carbonyl (C=O) groups excluding carboxylic acids is 3. The summed E-state index contributed by atoms with van der Waals surface area (Å²) in [4.78, 5) is 38.4. The lowest BCUT2D eigenvalue weighted by Crippen LogP contribution is -2.30. The summed E-state index contributed by atoms with van der Waals surface area (Å²) in [6, 6.07) is 0. The highest BCUT2D eigenvalue weighted by Gasteiger charge is 2.19. The largest absolute Gasteiger partial charge is 0.462 e. The molecule has 482 valence electrons. The summed E-state index contributed by atoms with van der Waals surface area (Å²) >= 11 is 0. The van der Waals surface area contributed by atoms with Gasteiger partial charge in [0.25, 0.3) is 0 Å². The van der Waals surface area contributed by atoms with E-state index in [2.05, 4.69) is 93.7 Å². The summed E-state index contributed by atoms with van der Waals surface area (Å²) in [5, 5.41) is 0. The summed E-state index contributed by atoms with van der Waals surface area (Å²) in [6.07, 6.45) is 93.9. The second kappa shape index (κ2) is 71.3. The van der Waals surface area contributed by atoms with Crippen LogP contribution >= 0.6 is 0 Å². The maximum Gasteiger partial charge on any atom is 0.306 e. The molecule has 0 saturated carbocycles. The van der Waals surface area contributed by atoms with Gasteiger partial charge in [-0.05, 0) is 109 Å². The van der Waals surface area contributed by atoms with Crippen molar-refractivity contribution in [1.82, 2.24) is 0 Å². The van der Waals surface area contributed by atoms with Gasteiger partial charge in [-0.1, -0.05) is 325 Å². The zero-order valence-corrected chi connectivity index (χ0v) is 55.5. The van der Waals surface area contributed by atoms with Crippen LogP contribution in [0.2, 0.25) is 0 Å². The molecule has 0 N–H and O–H groups in total. The third kappa shape index (κ3) is 69.5. The number of esters is 3. The number of carbonyl (C=O) groups is 3. The van der Waals surface area contributed by atoms with E-state index < -0.39 is 6.10 Å². The Morgan fingerprint density at radius 3 is 0.783 bits per heavy atom. The predicted octanol–water partition coefficient (Wildman–Crippen LogP) is 25.2. The first-order chi connectivity index (χ1) is 41.0. The summed E-state index contributed by atoms with van der Waals surface area (Å²) in [7, 11) is 0. The summed E-state index contributed by atoms with van der Waals surface area (Å²) in [5.74, 6) is -0.899. The Morgan fingerprint density at radius 1 is 0.253 bits per heavy atom. The average molecular weight is 1160 g/mol. The van der Waals surface area contributed by atoms with Gasteiger partial charge in [0.2, 0.25) is 0 Å². The zero-order valence-electron chi connectivity index (χ0n) is 55.5. The smallest absolute Gasteiger partial charge is 0.306 e. The van der Waals surface area contributed by atoms with Crippen molar-refractivity contribution in [3.63, 3.8) is 0 Å². The Balaban J connectivity index is 4.15. The second-order valence-corrected chi connectivity index (χ2v) is 24.5. The van der Waals surface area contributed by atoms with E-state index in [1.807, 2.05) is 0 Å². The number of allylic oxidation sites excluding steroid dienone is 12.